The van der Waals surface area contributed by atoms with Crippen molar-refractivity contribution >= 4 is 0 Å². The van der Waals surface area contributed by atoms with Crippen molar-refractivity contribution in [2.24, 2.45) is 11.8 Å². The van der Waals surface area contributed by atoms with E-state index in [2.05, 4.69) is 6.92 Å². The highest BCUT2D eigenvalue weighted by Crippen LogP contribution is 2.49. The Morgan fingerprint density at radius 3 is 2.33 bits per heavy atom. The molecule has 1 N–H and O–H groups in total. The number of hydrogen-bond acceptors (Lipinski definition) is 1. The summed E-state index contributed by atoms with van der Waals surface area (Å²) in [5, 5.41) is 9.95. The molecule has 0 heterocycles. The van der Waals surface area contributed by atoms with E-state index in [1.165, 1.54) is 32.1 Å². The van der Waals surface area contributed by atoms with Crippen LogP contribution in [-0.4, -0.2) is 10.7 Å². The smallest absolute Gasteiger partial charge is 0.0680 e. The first-order valence-electron chi connectivity index (χ1n) is 5.43. The summed E-state index contributed by atoms with van der Waals surface area (Å²) >= 11 is 0. The Kier molecular flexibility index (Phi) is 2.16. The van der Waals surface area contributed by atoms with Crippen LogP contribution in [0.3, 0.4) is 0 Å². The normalized spacial score (nSPS) is 43.0. The van der Waals surface area contributed by atoms with E-state index in [1.54, 1.807) is 0 Å². The van der Waals surface area contributed by atoms with E-state index >= 15 is 0 Å². The molecule has 70 valence electrons. The van der Waals surface area contributed by atoms with E-state index in [-0.39, 0.29) is 5.60 Å². The fraction of sp³-hybridized carbons (Fsp3) is 1.00. The van der Waals surface area contributed by atoms with Crippen molar-refractivity contribution in [1.82, 2.24) is 0 Å². The van der Waals surface area contributed by atoms with Crippen LogP contribution in [0, 0.1) is 11.8 Å². The Morgan fingerprint density at radius 1 is 1.25 bits per heavy atom. The maximum Gasteiger partial charge on any atom is 0.0680 e. The molecule has 1 nitrogen and oxygen atoms in total. The summed E-state index contributed by atoms with van der Waals surface area (Å²) in [4.78, 5) is 0. The van der Waals surface area contributed by atoms with E-state index < -0.39 is 0 Å². The predicted molar refractivity (Wildman–Crippen MR) is 49.9 cm³/mol. The molecule has 2 rings (SSSR count). The molecule has 2 atom stereocenters. The average molecular weight is 168 g/mol. The van der Waals surface area contributed by atoms with Gasteiger partial charge in [-0.05, 0) is 24.7 Å². The molecule has 0 aromatic carbocycles. The van der Waals surface area contributed by atoms with Gasteiger partial charge in [-0.3, -0.25) is 0 Å². The molecule has 2 aliphatic carbocycles. The SMILES string of the molecule is CC1CC1(O)CC1CCCCC1. The molecule has 0 aromatic heterocycles. The molecule has 0 radical (unpaired) electrons. The summed E-state index contributed by atoms with van der Waals surface area (Å²) in [5.41, 5.74) is -0.234. The van der Waals surface area contributed by atoms with E-state index in [4.69, 9.17) is 0 Å². The number of aliphatic hydroxyl groups is 1. The molecule has 2 unspecified atom stereocenters. The van der Waals surface area contributed by atoms with Crippen LogP contribution in [0.15, 0.2) is 0 Å². The van der Waals surface area contributed by atoms with Crippen LogP contribution >= 0.6 is 0 Å². The first kappa shape index (κ1) is 8.55. The fourth-order valence-corrected chi connectivity index (χ4v) is 2.65. The van der Waals surface area contributed by atoms with Crippen LogP contribution in [-0.2, 0) is 0 Å². The van der Waals surface area contributed by atoms with Crippen LogP contribution in [0.25, 0.3) is 0 Å². The lowest BCUT2D eigenvalue weighted by molar-refractivity contribution is 0.0936. The molecule has 0 aromatic rings. The minimum Gasteiger partial charge on any atom is -0.390 e. The molecular weight excluding hydrogens is 148 g/mol. The maximum absolute atomic E-state index is 9.95. The Bertz CT molecular complexity index is 160. The Morgan fingerprint density at radius 2 is 1.83 bits per heavy atom. The Hall–Kier alpha value is -0.0400. The van der Waals surface area contributed by atoms with E-state index in [9.17, 15) is 5.11 Å². The molecule has 2 aliphatic rings. The fourth-order valence-electron chi connectivity index (χ4n) is 2.65. The zero-order chi connectivity index (χ0) is 8.60. The van der Waals surface area contributed by atoms with Crippen LogP contribution in [0.4, 0.5) is 0 Å². The third kappa shape index (κ3) is 1.66. The molecular formula is C11H20O. The van der Waals surface area contributed by atoms with E-state index in [0.717, 1.165) is 18.8 Å². The Balaban J connectivity index is 1.78. The molecule has 0 amide bonds. The second kappa shape index (κ2) is 3.02. The summed E-state index contributed by atoms with van der Waals surface area (Å²) < 4.78 is 0. The zero-order valence-electron chi connectivity index (χ0n) is 8.05. The van der Waals surface area contributed by atoms with Crippen LogP contribution in [0.2, 0.25) is 0 Å². The summed E-state index contributed by atoms with van der Waals surface area (Å²) in [6.07, 6.45) is 9.11. The van der Waals surface area contributed by atoms with Gasteiger partial charge in [0.25, 0.3) is 0 Å². The first-order chi connectivity index (χ1) is 5.71. The van der Waals surface area contributed by atoms with Gasteiger partial charge >= 0.3 is 0 Å². The van der Waals surface area contributed by atoms with Gasteiger partial charge in [-0.25, -0.2) is 0 Å². The second-order valence-corrected chi connectivity index (χ2v) is 4.92. The maximum atomic E-state index is 9.95. The molecule has 2 fully saturated rings. The van der Waals surface area contributed by atoms with E-state index in [1.807, 2.05) is 0 Å². The molecule has 0 spiro atoms. The zero-order valence-corrected chi connectivity index (χ0v) is 8.05. The van der Waals surface area contributed by atoms with Gasteiger partial charge in [0.2, 0.25) is 0 Å². The van der Waals surface area contributed by atoms with E-state index in [0.29, 0.717) is 5.92 Å². The van der Waals surface area contributed by atoms with Crippen LogP contribution in [0.5, 0.6) is 0 Å². The van der Waals surface area contributed by atoms with Gasteiger partial charge in [-0.15, -0.1) is 0 Å². The number of rotatable bonds is 2. The quantitative estimate of drug-likeness (QED) is 0.672. The highest BCUT2D eigenvalue weighted by Gasteiger charge is 2.50. The van der Waals surface area contributed by atoms with Gasteiger partial charge in [0.05, 0.1) is 5.60 Å². The van der Waals surface area contributed by atoms with Gasteiger partial charge in [-0.1, -0.05) is 39.0 Å². The van der Waals surface area contributed by atoms with Crippen molar-refractivity contribution in [3.63, 3.8) is 0 Å². The van der Waals surface area contributed by atoms with Crippen molar-refractivity contribution in [2.45, 2.75) is 57.5 Å². The molecule has 2 saturated carbocycles. The van der Waals surface area contributed by atoms with Crippen molar-refractivity contribution in [3.8, 4) is 0 Å². The van der Waals surface area contributed by atoms with Gasteiger partial charge in [0.15, 0.2) is 0 Å². The summed E-state index contributed by atoms with van der Waals surface area (Å²) in [7, 11) is 0. The van der Waals surface area contributed by atoms with Crippen LogP contribution in [0.1, 0.15) is 51.9 Å². The topological polar surface area (TPSA) is 20.2 Å². The summed E-state index contributed by atoms with van der Waals surface area (Å²) in [6.45, 7) is 2.17. The molecule has 0 saturated heterocycles. The monoisotopic (exact) mass is 168 g/mol. The average Bonchev–Trinajstić information content (AvgIpc) is 2.61. The highest BCUT2D eigenvalue weighted by atomic mass is 16.3. The molecule has 0 aliphatic heterocycles. The third-order valence-corrected chi connectivity index (χ3v) is 3.78. The lowest BCUT2D eigenvalue weighted by atomic mass is 9.84. The summed E-state index contributed by atoms with van der Waals surface area (Å²) in [6, 6.07) is 0. The minimum atomic E-state index is -0.234. The van der Waals surface area contributed by atoms with Crippen molar-refractivity contribution in [1.29, 1.82) is 0 Å². The number of hydrogen-bond donors (Lipinski definition) is 1. The van der Waals surface area contributed by atoms with Crippen molar-refractivity contribution in [3.05, 3.63) is 0 Å². The minimum absolute atomic E-state index is 0.234. The molecule has 12 heavy (non-hydrogen) atoms. The van der Waals surface area contributed by atoms with Crippen molar-refractivity contribution in [2.75, 3.05) is 0 Å². The van der Waals surface area contributed by atoms with Gasteiger partial charge in [-0.2, -0.15) is 0 Å². The van der Waals surface area contributed by atoms with Crippen LogP contribution < -0.4 is 0 Å². The summed E-state index contributed by atoms with van der Waals surface area (Å²) in [5.74, 6) is 1.42. The lowest BCUT2D eigenvalue weighted by Gasteiger charge is -2.24. The van der Waals surface area contributed by atoms with Crippen molar-refractivity contribution < 1.29 is 5.11 Å². The second-order valence-electron chi connectivity index (χ2n) is 4.92. The molecule has 1 heteroatoms. The van der Waals surface area contributed by atoms with Gasteiger partial charge in [0, 0.05) is 0 Å². The van der Waals surface area contributed by atoms with Gasteiger partial charge < -0.3 is 5.11 Å². The standard InChI is InChI=1S/C11H20O/c1-9-7-11(9,12)8-10-5-3-2-4-6-10/h9-10,12H,2-8H2,1H3. The highest BCUT2D eigenvalue weighted by molar-refractivity contribution is 5.01. The predicted octanol–water partition coefficient (Wildman–Crippen LogP) is 2.73. The first-order valence-corrected chi connectivity index (χ1v) is 5.43. The Labute approximate surface area is 75.2 Å². The largest absolute Gasteiger partial charge is 0.390 e. The third-order valence-electron chi connectivity index (χ3n) is 3.78. The lowest BCUT2D eigenvalue weighted by Crippen LogP contribution is -2.18. The molecule has 0 bridgehead atoms. The van der Waals surface area contributed by atoms with Gasteiger partial charge in [0.1, 0.15) is 0 Å².